The Morgan fingerprint density at radius 1 is 1.47 bits per heavy atom. The fourth-order valence-corrected chi connectivity index (χ4v) is 3.74. The van der Waals surface area contributed by atoms with E-state index >= 15 is 0 Å². The molecule has 0 aliphatic rings. The van der Waals surface area contributed by atoms with E-state index in [1.54, 1.807) is 29.8 Å². The van der Waals surface area contributed by atoms with Gasteiger partial charge in [-0.2, -0.15) is 0 Å². The molecule has 0 fully saturated rings. The second kappa shape index (κ2) is 5.32. The minimum absolute atomic E-state index is 0.276. The van der Waals surface area contributed by atoms with Crippen molar-refractivity contribution in [2.45, 2.75) is 12.5 Å². The Bertz CT molecular complexity index is 642. The molecular weight excluding hydrogens is 278 g/mol. The zero-order valence-electron chi connectivity index (χ0n) is 10.8. The van der Waals surface area contributed by atoms with Crippen LogP contribution >= 0.6 is 22.7 Å². The molecule has 0 saturated carbocycles. The lowest BCUT2D eigenvalue weighted by Crippen LogP contribution is -2.17. The molecule has 1 atom stereocenters. The minimum atomic E-state index is 0.276. The van der Waals surface area contributed by atoms with Gasteiger partial charge in [-0.1, -0.05) is 0 Å². The van der Waals surface area contributed by atoms with Crippen LogP contribution < -0.4 is 10.1 Å². The van der Waals surface area contributed by atoms with Gasteiger partial charge in [0.15, 0.2) is 4.96 Å². The standard InChI is InChI=1S/C13H15N3OS2/c1-14-11(12-6-10(17-2)8-19-12)5-9-7-16-3-4-18-13(16)15-9/h3-4,6-8,11,14H,5H2,1-2H3. The second-order valence-corrected chi connectivity index (χ2v) is 6.08. The maximum absolute atomic E-state index is 5.24. The molecule has 1 unspecified atom stereocenters. The van der Waals surface area contributed by atoms with Gasteiger partial charge >= 0.3 is 0 Å². The van der Waals surface area contributed by atoms with E-state index in [-0.39, 0.29) is 6.04 Å². The Morgan fingerprint density at radius 2 is 2.37 bits per heavy atom. The van der Waals surface area contributed by atoms with Gasteiger partial charge in [-0.05, 0) is 13.1 Å². The first-order valence-corrected chi connectivity index (χ1v) is 7.77. The van der Waals surface area contributed by atoms with Gasteiger partial charge in [0.1, 0.15) is 5.75 Å². The molecule has 3 heterocycles. The van der Waals surface area contributed by atoms with Gasteiger partial charge in [0.2, 0.25) is 0 Å². The SMILES string of the molecule is CNC(Cc1cn2ccsc2n1)c1cc(OC)cs1. The van der Waals surface area contributed by atoms with Crippen molar-refractivity contribution in [3.8, 4) is 5.75 Å². The largest absolute Gasteiger partial charge is 0.496 e. The molecule has 0 saturated heterocycles. The Kier molecular flexibility index (Phi) is 3.54. The topological polar surface area (TPSA) is 38.6 Å². The number of hydrogen-bond donors (Lipinski definition) is 1. The zero-order chi connectivity index (χ0) is 13.2. The molecular formula is C13H15N3OS2. The highest BCUT2D eigenvalue weighted by atomic mass is 32.1. The van der Waals surface area contributed by atoms with E-state index in [4.69, 9.17) is 4.74 Å². The Morgan fingerprint density at radius 3 is 3.05 bits per heavy atom. The highest BCUT2D eigenvalue weighted by molar-refractivity contribution is 7.15. The van der Waals surface area contributed by atoms with Gasteiger partial charge in [0.25, 0.3) is 0 Å². The van der Waals surface area contributed by atoms with Gasteiger partial charge in [0.05, 0.1) is 12.8 Å². The lowest BCUT2D eigenvalue weighted by molar-refractivity contribution is 0.416. The van der Waals surface area contributed by atoms with E-state index in [1.165, 1.54) is 4.88 Å². The molecule has 1 N–H and O–H groups in total. The van der Waals surface area contributed by atoms with Crippen molar-refractivity contribution in [1.82, 2.24) is 14.7 Å². The van der Waals surface area contributed by atoms with Gasteiger partial charge in [0, 0.05) is 40.5 Å². The van der Waals surface area contributed by atoms with E-state index < -0.39 is 0 Å². The number of ether oxygens (including phenoxy) is 1. The van der Waals surface area contributed by atoms with Crippen LogP contribution in [-0.4, -0.2) is 23.5 Å². The molecule has 0 bridgehead atoms. The van der Waals surface area contributed by atoms with Crippen LogP contribution in [0.25, 0.3) is 4.96 Å². The molecule has 19 heavy (non-hydrogen) atoms. The summed E-state index contributed by atoms with van der Waals surface area (Å²) in [6, 6.07) is 2.36. The summed E-state index contributed by atoms with van der Waals surface area (Å²) in [5, 5.41) is 7.43. The number of hydrogen-bond acceptors (Lipinski definition) is 5. The van der Waals surface area contributed by atoms with Crippen LogP contribution in [-0.2, 0) is 6.42 Å². The first-order chi connectivity index (χ1) is 9.30. The smallest absolute Gasteiger partial charge is 0.193 e. The molecule has 0 radical (unpaired) electrons. The number of methoxy groups -OCH3 is 1. The van der Waals surface area contributed by atoms with Crippen molar-refractivity contribution < 1.29 is 4.74 Å². The molecule has 3 rings (SSSR count). The normalized spacial score (nSPS) is 12.9. The van der Waals surface area contributed by atoms with Crippen molar-refractivity contribution in [2.75, 3.05) is 14.2 Å². The number of imidazole rings is 1. The van der Waals surface area contributed by atoms with Gasteiger partial charge in [-0.15, -0.1) is 22.7 Å². The first-order valence-electron chi connectivity index (χ1n) is 6.01. The predicted molar refractivity (Wildman–Crippen MR) is 79.4 cm³/mol. The fraction of sp³-hybridized carbons (Fsp3) is 0.308. The summed E-state index contributed by atoms with van der Waals surface area (Å²) in [5.74, 6) is 0.922. The molecule has 0 aromatic carbocycles. The van der Waals surface area contributed by atoms with Crippen LogP contribution in [0.1, 0.15) is 16.6 Å². The summed E-state index contributed by atoms with van der Waals surface area (Å²) in [4.78, 5) is 6.95. The third-order valence-electron chi connectivity index (χ3n) is 3.08. The monoisotopic (exact) mass is 293 g/mol. The van der Waals surface area contributed by atoms with E-state index in [9.17, 15) is 0 Å². The third kappa shape index (κ3) is 2.51. The summed E-state index contributed by atoms with van der Waals surface area (Å²) >= 11 is 3.38. The fourth-order valence-electron chi connectivity index (χ4n) is 2.05. The highest BCUT2D eigenvalue weighted by Crippen LogP contribution is 2.28. The second-order valence-electron chi connectivity index (χ2n) is 4.26. The summed E-state index contributed by atoms with van der Waals surface area (Å²) in [6.45, 7) is 0. The van der Waals surface area contributed by atoms with Gasteiger partial charge in [-0.3, -0.25) is 4.40 Å². The highest BCUT2D eigenvalue weighted by Gasteiger charge is 2.15. The number of rotatable bonds is 5. The maximum Gasteiger partial charge on any atom is 0.193 e. The average molecular weight is 293 g/mol. The Hall–Kier alpha value is -1.37. The molecule has 6 heteroatoms. The van der Waals surface area contributed by atoms with Crippen LogP contribution in [0, 0.1) is 0 Å². The Balaban J connectivity index is 1.80. The minimum Gasteiger partial charge on any atom is -0.496 e. The number of aromatic nitrogens is 2. The number of thiophene rings is 1. The predicted octanol–water partition coefficient (Wildman–Crippen LogP) is 2.97. The number of nitrogens with one attached hydrogen (secondary N) is 1. The van der Waals surface area contributed by atoms with E-state index in [2.05, 4.69) is 27.0 Å². The number of likely N-dealkylation sites (N-methyl/N-ethyl adjacent to an activating group) is 1. The van der Waals surface area contributed by atoms with Crippen LogP contribution in [0.3, 0.4) is 0 Å². The summed E-state index contributed by atoms with van der Waals surface area (Å²) < 4.78 is 7.31. The molecule has 4 nitrogen and oxygen atoms in total. The summed E-state index contributed by atoms with van der Waals surface area (Å²) in [7, 11) is 3.68. The number of nitrogens with zero attached hydrogens (tertiary/aromatic N) is 2. The van der Waals surface area contributed by atoms with E-state index in [0.29, 0.717) is 0 Å². The van der Waals surface area contributed by atoms with Crippen molar-refractivity contribution >= 4 is 27.6 Å². The molecule has 0 aliphatic carbocycles. The number of thiazole rings is 1. The van der Waals surface area contributed by atoms with Crippen molar-refractivity contribution in [2.24, 2.45) is 0 Å². The van der Waals surface area contributed by atoms with Gasteiger partial charge < -0.3 is 10.1 Å². The lowest BCUT2D eigenvalue weighted by Gasteiger charge is -2.12. The summed E-state index contributed by atoms with van der Waals surface area (Å²) in [5.41, 5.74) is 1.11. The zero-order valence-corrected chi connectivity index (χ0v) is 12.4. The molecule has 0 spiro atoms. The van der Waals surface area contributed by atoms with E-state index in [1.807, 2.05) is 24.0 Å². The van der Waals surface area contributed by atoms with E-state index in [0.717, 1.165) is 22.8 Å². The van der Waals surface area contributed by atoms with Crippen molar-refractivity contribution in [3.05, 3.63) is 39.8 Å². The van der Waals surface area contributed by atoms with Crippen LogP contribution in [0.2, 0.25) is 0 Å². The summed E-state index contributed by atoms with van der Waals surface area (Å²) in [6.07, 6.45) is 5.02. The van der Waals surface area contributed by atoms with Gasteiger partial charge in [-0.25, -0.2) is 4.98 Å². The van der Waals surface area contributed by atoms with Crippen LogP contribution in [0.15, 0.2) is 29.2 Å². The molecule has 100 valence electrons. The Labute approximate surface area is 119 Å². The molecule has 3 aromatic heterocycles. The third-order valence-corrected chi connectivity index (χ3v) is 4.88. The van der Waals surface area contributed by atoms with Crippen molar-refractivity contribution in [1.29, 1.82) is 0 Å². The number of fused-ring (bicyclic) bond motifs is 1. The quantitative estimate of drug-likeness (QED) is 0.786. The molecule has 0 aliphatic heterocycles. The van der Waals surface area contributed by atoms with Crippen LogP contribution in [0.4, 0.5) is 0 Å². The maximum atomic E-state index is 5.24. The lowest BCUT2D eigenvalue weighted by atomic mass is 10.1. The first kappa shape index (κ1) is 12.7. The molecule has 0 amide bonds. The molecule has 3 aromatic rings. The average Bonchev–Trinajstić information content (AvgIpc) is 3.10. The van der Waals surface area contributed by atoms with Crippen LogP contribution in [0.5, 0.6) is 5.75 Å². The van der Waals surface area contributed by atoms with Crippen molar-refractivity contribution in [3.63, 3.8) is 0 Å².